The second-order valence-electron chi connectivity index (χ2n) is 17.4. The van der Waals surface area contributed by atoms with Gasteiger partial charge in [0.2, 0.25) is 0 Å². The molecule has 0 bridgehead atoms. The molecule has 11 atom stereocenters. The lowest BCUT2D eigenvalue weighted by atomic mass is 9.79. The van der Waals surface area contributed by atoms with E-state index in [0.717, 1.165) is 26.0 Å². The Morgan fingerprint density at radius 3 is 2.42 bits per heavy atom. The maximum atomic E-state index is 14.0. The number of allylic oxidation sites excluding steroid dienone is 3. The van der Waals surface area contributed by atoms with Crippen molar-refractivity contribution in [2.75, 3.05) is 40.4 Å². The number of nitrogens with zero attached hydrogens (tertiary/aromatic N) is 6. The van der Waals surface area contributed by atoms with Crippen LogP contribution in [0.15, 0.2) is 78.8 Å². The van der Waals surface area contributed by atoms with E-state index in [0.29, 0.717) is 45.4 Å². The van der Waals surface area contributed by atoms with Crippen LogP contribution in [-0.4, -0.2) is 145 Å². The Morgan fingerprint density at radius 1 is 1.06 bits per heavy atom. The Hall–Kier alpha value is -3.46. The molecule has 3 heterocycles. The number of hydrogen-bond donors (Lipinski definition) is 4. The summed E-state index contributed by atoms with van der Waals surface area (Å²) in [4.78, 5) is 35.8. The van der Waals surface area contributed by atoms with Gasteiger partial charge in [0.05, 0.1) is 50.1 Å². The quantitative estimate of drug-likeness (QED) is 0.0687. The molecule has 0 fully saturated rings. The molecule has 2 aromatic heterocycles. The van der Waals surface area contributed by atoms with Crippen LogP contribution in [0.1, 0.15) is 72.8 Å². The topological polar surface area (TPSA) is 193 Å². The summed E-state index contributed by atoms with van der Waals surface area (Å²) >= 11 is 2.29. The molecule has 0 saturated carbocycles. The van der Waals surface area contributed by atoms with Crippen molar-refractivity contribution in [2.45, 2.75) is 123 Å². The van der Waals surface area contributed by atoms with Gasteiger partial charge in [-0.3, -0.25) is 24.2 Å². The zero-order chi connectivity index (χ0) is 46.9. The molecule has 354 valence electrons. The fourth-order valence-electron chi connectivity index (χ4n) is 8.45. The van der Waals surface area contributed by atoms with Crippen LogP contribution in [0, 0.1) is 27.2 Å². The highest BCUT2D eigenvalue weighted by Gasteiger charge is 2.41. The number of carbonyl (C=O) groups excluding carboxylic acids is 2. The monoisotopic (exact) mass is 1000 g/mol. The van der Waals surface area contributed by atoms with E-state index in [1.54, 1.807) is 64.3 Å². The number of pyridine rings is 1. The smallest absolute Gasteiger partial charge is 0.308 e. The molecule has 0 saturated heterocycles. The summed E-state index contributed by atoms with van der Waals surface area (Å²) in [6.45, 7) is 12.9. The summed E-state index contributed by atoms with van der Waals surface area (Å²) in [7, 11) is 3.50. The van der Waals surface area contributed by atoms with E-state index in [2.05, 4.69) is 67.1 Å². The molecule has 1 aromatic carbocycles. The van der Waals surface area contributed by atoms with Gasteiger partial charge >= 0.3 is 5.97 Å². The van der Waals surface area contributed by atoms with Gasteiger partial charge < -0.3 is 39.5 Å². The minimum absolute atomic E-state index is 0.106. The molecule has 1 aliphatic heterocycles. The van der Waals surface area contributed by atoms with E-state index in [1.165, 1.54) is 0 Å². The standard InChI is InChI=1S/C48H71IN6O9/c1-9-43-38(30-56)24-31(3)13-18-41(58)32(4)25-36(47(33(5)42(59)26-44(60)63-43)64-48(62-10-2)46(61)45(34(6)57)53(7)8)19-21-54(28-35-14-16-39(49)17-15-35)22-23-55-29-40(51-52-55)37-12-11-20-50-27-37/h11-18,20,24,27,29,32-34,36,38,42-43,45-48,56-57,59,61H,9-10,19,21-23,25-26,28,30H2,1-8H3/b18-13+,31-24+/t32-,33+,34-,36+,38-,42-,43-,45?,46?,47-,48+/m1/s1. The molecule has 2 unspecified atom stereocenters. The largest absolute Gasteiger partial charge is 0.462 e. The van der Waals surface area contributed by atoms with Gasteiger partial charge in [0.15, 0.2) is 12.1 Å². The fraction of sp³-hybridized carbons (Fsp3) is 0.604. The molecule has 0 spiro atoms. The molecule has 0 radical (unpaired) electrons. The van der Waals surface area contributed by atoms with Crippen LogP contribution < -0.4 is 0 Å². The van der Waals surface area contributed by atoms with Crippen molar-refractivity contribution < 1.29 is 44.2 Å². The van der Waals surface area contributed by atoms with E-state index in [9.17, 15) is 30.0 Å². The molecule has 0 amide bonds. The molecule has 1 aliphatic rings. The van der Waals surface area contributed by atoms with E-state index >= 15 is 0 Å². The predicted molar refractivity (Wildman–Crippen MR) is 253 cm³/mol. The van der Waals surface area contributed by atoms with Gasteiger partial charge in [0, 0.05) is 59.0 Å². The molecule has 64 heavy (non-hydrogen) atoms. The highest BCUT2D eigenvalue weighted by atomic mass is 127. The first-order valence-electron chi connectivity index (χ1n) is 22.5. The maximum Gasteiger partial charge on any atom is 0.308 e. The van der Waals surface area contributed by atoms with Gasteiger partial charge in [-0.15, -0.1) is 5.10 Å². The van der Waals surface area contributed by atoms with Gasteiger partial charge in [0.1, 0.15) is 17.9 Å². The van der Waals surface area contributed by atoms with Gasteiger partial charge in [-0.2, -0.15) is 0 Å². The highest BCUT2D eigenvalue weighted by molar-refractivity contribution is 14.1. The first-order valence-corrected chi connectivity index (χ1v) is 23.6. The summed E-state index contributed by atoms with van der Waals surface area (Å²) < 4.78 is 21.8. The summed E-state index contributed by atoms with van der Waals surface area (Å²) in [5.74, 6) is -2.88. The molecule has 4 rings (SSSR count). The Kier molecular flexibility index (Phi) is 22.1. The van der Waals surface area contributed by atoms with Gasteiger partial charge in [-0.1, -0.05) is 55.8 Å². The summed E-state index contributed by atoms with van der Waals surface area (Å²) in [6.07, 6.45) is 5.04. The number of carbonyl (C=O) groups is 2. The first-order chi connectivity index (χ1) is 30.5. The third kappa shape index (κ3) is 16.2. The third-order valence-corrected chi connectivity index (χ3v) is 12.8. The Bertz CT molecular complexity index is 1900. The summed E-state index contributed by atoms with van der Waals surface area (Å²) in [6, 6.07) is 11.4. The number of cyclic esters (lactones) is 1. The average molecular weight is 1000 g/mol. The van der Waals surface area contributed by atoms with Crippen LogP contribution in [-0.2, 0) is 36.9 Å². The lowest BCUT2D eigenvalue weighted by Crippen LogP contribution is -2.55. The van der Waals surface area contributed by atoms with Crippen LogP contribution in [0.2, 0.25) is 0 Å². The SMILES string of the molecule is CCO[C@@H](O[C@H]1[C@@H](CCN(CCn2cc(-c3cccnc3)nn2)Cc2ccc(I)cc2)C[C@@H](C)C(=O)/C=C/C(C)=C/[C@H](CO)[C@@H](CC)OC(=O)C[C@@H](O)[C@@H]1C)C(O)C([C@@H](C)O)N(C)C. The van der Waals surface area contributed by atoms with Crippen LogP contribution in [0.3, 0.4) is 0 Å². The van der Waals surface area contributed by atoms with Crippen LogP contribution >= 0.6 is 22.6 Å². The van der Waals surface area contributed by atoms with Crippen molar-refractivity contribution >= 4 is 34.3 Å². The van der Waals surface area contributed by atoms with Gasteiger partial charge in [-0.25, -0.2) is 0 Å². The van der Waals surface area contributed by atoms with Crippen LogP contribution in [0.5, 0.6) is 0 Å². The Labute approximate surface area is 393 Å². The number of aromatic nitrogens is 4. The number of esters is 1. The summed E-state index contributed by atoms with van der Waals surface area (Å²) in [5.41, 5.74) is 3.43. The first kappa shape index (κ1) is 53.2. The molecule has 0 aliphatic carbocycles. The fourth-order valence-corrected chi connectivity index (χ4v) is 8.81. The minimum Gasteiger partial charge on any atom is -0.462 e. The summed E-state index contributed by atoms with van der Waals surface area (Å²) in [5, 5.41) is 53.7. The van der Waals surface area contributed by atoms with Gasteiger partial charge in [-0.05, 0) is 125 Å². The van der Waals surface area contributed by atoms with E-state index < -0.39 is 72.5 Å². The average Bonchev–Trinajstić information content (AvgIpc) is 3.75. The lowest BCUT2D eigenvalue weighted by molar-refractivity contribution is -0.251. The van der Waals surface area contributed by atoms with Crippen LogP contribution in [0.4, 0.5) is 0 Å². The maximum absolute atomic E-state index is 14.0. The second-order valence-corrected chi connectivity index (χ2v) is 18.6. The van der Waals surface area contributed by atoms with Crippen molar-refractivity contribution in [1.82, 2.24) is 29.8 Å². The third-order valence-electron chi connectivity index (χ3n) is 12.1. The predicted octanol–water partition coefficient (Wildman–Crippen LogP) is 5.30. The number of rotatable bonds is 19. The van der Waals surface area contributed by atoms with E-state index in [4.69, 9.17) is 14.2 Å². The van der Waals surface area contributed by atoms with E-state index in [-0.39, 0.29) is 25.4 Å². The number of likely N-dealkylation sites (N-methyl/N-ethyl adjacent to an activating group) is 1. The van der Waals surface area contributed by atoms with Crippen molar-refractivity contribution in [3.05, 3.63) is 87.9 Å². The van der Waals surface area contributed by atoms with Crippen molar-refractivity contribution in [3.63, 3.8) is 0 Å². The van der Waals surface area contributed by atoms with Crippen molar-refractivity contribution in [1.29, 1.82) is 0 Å². The number of ketones is 1. The van der Waals surface area contributed by atoms with Crippen molar-refractivity contribution in [3.8, 4) is 11.3 Å². The molecular weight excluding hydrogens is 931 g/mol. The van der Waals surface area contributed by atoms with Crippen molar-refractivity contribution in [2.24, 2.45) is 23.7 Å². The minimum atomic E-state index is -1.32. The molecule has 4 N–H and O–H groups in total. The Balaban J connectivity index is 1.77. The normalized spacial score (nSPS) is 26.2. The number of aliphatic hydroxyl groups excluding tert-OH is 4. The molecular formula is C48H71IN6O9. The number of benzene rings is 1. The van der Waals surface area contributed by atoms with E-state index in [1.807, 2.05) is 49.9 Å². The molecule has 16 heteroatoms. The highest BCUT2D eigenvalue weighted by Crippen LogP contribution is 2.33. The molecule has 15 nitrogen and oxygen atoms in total. The second kappa shape index (κ2) is 26.6. The Morgan fingerprint density at radius 2 is 1.80 bits per heavy atom. The van der Waals surface area contributed by atoms with Gasteiger partial charge in [0.25, 0.3) is 0 Å². The van der Waals surface area contributed by atoms with Crippen LogP contribution in [0.25, 0.3) is 11.3 Å². The lowest BCUT2D eigenvalue weighted by Gasteiger charge is -2.41. The zero-order valence-electron chi connectivity index (χ0n) is 38.7. The number of halogens is 1. The number of hydrogen-bond acceptors (Lipinski definition) is 14. The molecule has 3 aromatic rings. The number of aliphatic hydroxyl groups is 4. The zero-order valence-corrected chi connectivity index (χ0v) is 40.9. The number of ether oxygens (including phenoxy) is 3.